The average molecular weight is 344 g/mol. The summed E-state index contributed by atoms with van der Waals surface area (Å²) in [7, 11) is 0. The molecule has 1 aromatic carbocycles. The van der Waals surface area contributed by atoms with Crippen molar-refractivity contribution in [2.24, 2.45) is 0 Å². The fraction of sp³-hybridized carbons (Fsp3) is 0.467. The second-order valence-electron chi connectivity index (χ2n) is 5.42. The Morgan fingerprint density at radius 1 is 1.32 bits per heavy atom. The molecule has 1 fully saturated rings. The van der Waals surface area contributed by atoms with Gasteiger partial charge in [0.1, 0.15) is 0 Å². The van der Waals surface area contributed by atoms with Gasteiger partial charge in [-0.15, -0.1) is 0 Å². The molecule has 0 aliphatic carbocycles. The number of nitrogens with zero attached hydrogens (tertiary/aromatic N) is 1. The number of rotatable bonds is 4. The molecule has 22 heavy (non-hydrogen) atoms. The fourth-order valence-electron chi connectivity index (χ4n) is 2.60. The van der Waals surface area contributed by atoms with Gasteiger partial charge in [-0.25, -0.2) is 0 Å². The highest BCUT2D eigenvalue weighted by Crippen LogP contribution is 2.29. The van der Waals surface area contributed by atoms with Crippen LogP contribution in [0.4, 0.5) is 5.69 Å². The summed E-state index contributed by atoms with van der Waals surface area (Å²) in [5, 5.41) is 6.47. The third-order valence-electron chi connectivity index (χ3n) is 3.51. The van der Waals surface area contributed by atoms with E-state index < -0.39 is 0 Å². The van der Waals surface area contributed by atoms with Crippen LogP contribution in [-0.4, -0.2) is 42.4 Å². The highest BCUT2D eigenvalue weighted by molar-refractivity contribution is 6.39. The van der Waals surface area contributed by atoms with Crippen molar-refractivity contribution in [3.05, 3.63) is 28.2 Å². The lowest BCUT2D eigenvalue weighted by atomic mass is 10.1. The van der Waals surface area contributed by atoms with E-state index in [2.05, 4.69) is 10.6 Å². The van der Waals surface area contributed by atoms with Crippen molar-refractivity contribution in [2.75, 3.05) is 25.0 Å². The van der Waals surface area contributed by atoms with Crippen molar-refractivity contribution < 1.29 is 9.59 Å². The molecule has 2 N–H and O–H groups in total. The molecule has 0 saturated carbocycles. The molecule has 0 aromatic heterocycles. The van der Waals surface area contributed by atoms with Gasteiger partial charge in [-0.1, -0.05) is 29.3 Å². The zero-order chi connectivity index (χ0) is 16.1. The Morgan fingerprint density at radius 2 is 2.00 bits per heavy atom. The van der Waals surface area contributed by atoms with Crippen LogP contribution in [0, 0.1) is 0 Å². The molecule has 5 nitrogen and oxygen atoms in total. The molecule has 1 heterocycles. The van der Waals surface area contributed by atoms with Gasteiger partial charge < -0.3 is 10.6 Å². The molecule has 2 amide bonds. The number of carbonyl (C=O) groups is 2. The molecular weight excluding hydrogens is 325 g/mol. The van der Waals surface area contributed by atoms with Gasteiger partial charge in [-0.3, -0.25) is 14.5 Å². The van der Waals surface area contributed by atoms with Crippen LogP contribution in [0.1, 0.15) is 19.8 Å². The maximum Gasteiger partial charge on any atom is 0.238 e. The number of hydrogen-bond donors (Lipinski definition) is 2. The molecule has 1 aliphatic rings. The van der Waals surface area contributed by atoms with E-state index in [0.717, 1.165) is 19.4 Å². The molecule has 1 unspecified atom stereocenters. The van der Waals surface area contributed by atoms with Gasteiger partial charge in [0.2, 0.25) is 11.8 Å². The SMILES string of the molecule is CC(=O)NC1CCCN(CC(=O)Nc2c(Cl)cccc2Cl)C1. The zero-order valence-corrected chi connectivity index (χ0v) is 13.9. The number of halogens is 2. The van der Waals surface area contributed by atoms with E-state index >= 15 is 0 Å². The summed E-state index contributed by atoms with van der Waals surface area (Å²) in [6, 6.07) is 5.18. The summed E-state index contributed by atoms with van der Waals surface area (Å²) in [4.78, 5) is 25.3. The summed E-state index contributed by atoms with van der Waals surface area (Å²) in [6.45, 7) is 3.26. The van der Waals surface area contributed by atoms with E-state index in [9.17, 15) is 9.59 Å². The van der Waals surface area contributed by atoms with Crippen molar-refractivity contribution in [3.63, 3.8) is 0 Å². The third kappa shape index (κ3) is 4.87. The quantitative estimate of drug-likeness (QED) is 0.882. The number of likely N-dealkylation sites (tertiary alicyclic amines) is 1. The Labute approximate surface area is 139 Å². The highest BCUT2D eigenvalue weighted by Gasteiger charge is 2.22. The monoisotopic (exact) mass is 343 g/mol. The molecule has 1 aliphatic heterocycles. The molecule has 0 radical (unpaired) electrons. The van der Waals surface area contributed by atoms with E-state index in [4.69, 9.17) is 23.2 Å². The van der Waals surface area contributed by atoms with Crippen LogP contribution in [-0.2, 0) is 9.59 Å². The molecule has 120 valence electrons. The third-order valence-corrected chi connectivity index (χ3v) is 4.14. The minimum Gasteiger partial charge on any atom is -0.352 e. The van der Waals surface area contributed by atoms with Crippen LogP contribution < -0.4 is 10.6 Å². The predicted molar refractivity (Wildman–Crippen MR) is 88.4 cm³/mol. The Balaban J connectivity index is 1.90. The first-order valence-corrected chi connectivity index (χ1v) is 7.94. The van der Waals surface area contributed by atoms with Gasteiger partial charge in [-0.2, -0.15) is 0 Å². The summed E-state index contributed by atoms with van der Waals surface area (Å²) in [5.74, 6) is -0.211. The molecule has 2 rings (SSSR count). The number of piperidine rings is 1. The first-order valence-electron chi connectivity index (χ1n) is 7.19. The summed E-state index contributed by atoms with van der Waals surface area (Å²) in [5.41, 5.74) is 0.436. The smallest absolute Gasteiger partial charge is 0.238 e. The molecule has 7 heteroatoms. The normalized spacial score (nSPS) is 18.8. The first kappa shape index (κ1) is 17.1. The van der Waals surface area contributed by atoms with Crippen molar-refractivity contribution in [2.45, 2.75) is 25.8 Å². The van der Waals surface area contributed by atoms with Gasteiger partial charge in [0.25, 0.3) is 0 Å². The lowest BCUT2D eigenvalue weighted by Gasteiger charge is -2.32. The standard InChI is InChI=1S/C15H19Cl2N3O2/c1-10(21)18-11-4-3-7-20(8-11)9-14(22)19-15-12(16)5-2-6-13(15)17/h2,5-6,11H,3-4,7-9H2,1H3,(H,18,21)(H,19,22). The number of anilines is 1. The number of nitrogens with one attached hydrogen (secondary N) is 2. The summed E-state index contributed by atoms with van der Waals surface area (Å²) in [6.07, 6.45) is 1.89. The number of benzene rings is 1. The van der Waals surface area contributed by atoms with Gasteiger partial charge in [0.15, 0.2) is 0 Å². The van der Waals surface area contributed by atoms with Crippen molar-refractivity contribution in [1.29, 1.82) is 0 Å². The summed E-state index contributed by atoms with van der Waals surface area (Å²) >= 11 is 12.1. The second kappa shape index (κ2) is 7.81. The topological polar surface area (TPSA) is 61.4 Å². The van der Waals surface area contributed by atoms with E-state index in [1.165, 1.54) is 6.92 Å². The van der Waals surface area contributed by atoms with Crippen LogP contribution in [0.25, 0.3) is 0 Å². The largest absolute Gasteiger partial charge is 0.352 e. The van der Waals surface area contributed by atoms with E-state index in [0.29, 0.717) is 22.3 Å². The number of para-hydroxylation sites is 1. The van der Waals surface area contributed by atoms with Gasteiger partial charge in [-0.05, 0) is 31.5 Å². The maximum absolute atomic E-state index is 12.2. The Bertz CT molecular complexity index is 545. The van der Waals surface area contributed by atoms with Crippen molar-refractivity contribution in [1.82, 2.24) is 10.2 Å². The van der Waals surface area contributed by atoms with Gasteiger partial charge in [0.05, 0.1) is 22.3 Å². The number of amides is 2. The van der Waals surface area contributed by atoms with Crippen molar-refractivity contribution in [3.8, 4) is 0 Å². The molecule has 1 atom stereocenters. The molecule has 0 bridgehead atoms. The minimum absolute atomic E-state index is 0.0425. The highest BCUT2D eigenvalue weighted by atomic mass is 35.5. The Hall–Kier alpha value is -1.30. The second-order valence-corrected chi connectivity index (χ2v) is 6.23. The number of hydrogen-bond acceptors (Lipinski definition) is 3. The Morgan fingerprint density at radius 3 is 2.64 bits per heavy atom. The molecular formula is C15H19Cl2N3O2. The van der Waals surface area contributed by atoms with Crippen LogP contribution in [0.15, 0.2) is 18.2 Å². The number of carbonyl (C=O) groups excluding carboxylic acids is 2. The van der Waals surface area contributed by atoms with Gasteiger partial charge in [0, 0.05) is 19.5 Å². The molecule has 1 aromatic rings. The zero-order valence-electron chi connectivity index (χ0n) is 12.4. The Kier molecular flexibility index (Phi) is 6.06. The van der Waals surface area contributed by atoms with Crippen LogP contribution >= 0.6 is 23.2 Å². The molecule has 1 saturated heterocycles. The lowest BCUT2D eigenvalue weighted by Crippen LogP contribution is -2.49. The van der Waals surface area contributed by atoms with Gasteiger partial charge >= 0.3 is 0 Å². The van der Waals surface area contributed by atoms with Crippen LogP contribution in [0.3, 0.4) is 0 Å². The van der Waals surface area contributed by atoms with E-state index in [1.807, 2.05) is 4.90 Å². The van der Waals surface area contributed by atoms with Crippen LogP contribution in [0.5, 0.6) is 0 Å². The fourth-order valence-corrected chi connectivity index (χ4v) is 3.10. The maximum atomic E-state index is 12.2. The van der Waals surface area contributed by atoms with Crippen LogP contribution in [0.2, 0.25) is 10.0 Å². The first-order chi connectivity index (χ1) is 10.5. The van der Waals surface area contributed by atoms with E-state index in [1.54, 1.807) is 18.2 Å². The minimum atomic E-state index is -0.168. The summed E-state index contributed by atoms with van der Waals surface area (Å²) < 4.78 is 0. The average Bonchev–Trinajstić information content (AvgIpc) is 2.42. The predicted octanol–water partition coefficient (Wildman–Crippen LogP) is 2.53. The lowest BCUT2D eigenvalue weighted by molar-refractivity contribution is -0.120. The van der Waals surface area contributed by atoms with E-state index in [-0.39, 0.29) is 24.4 Å². The van der Waals surface area contributed by atoms with Crippen molar-refractivity contribution >= 4 is 40.7 Å². The molecule has 0 spiro atoms.